The summed E-state index contributed by atoms with van der Waals surface area (Å²) in [6, 6.07) is 13.6. The molecule has 0 heterocycles. The molecule has 0 aliphatic heterocycles. The first-order valence-corrected chi connectivity index (χ1v) is 6.59. The molecule has 0 saturated heterocycles. The molecule has 0 aromatic heterocycles. The standard InChI is InChI=1S/C18H14F2O2/c1-13-3-5-14(6-4-13)15-7-9-16(10-8-15)18(19,20)12-11-17(21)22-2/h3-10H,1-2H3. The third-order valence-corrected chi connectivity index (χ3v) is 3.14. The first-order valence-electron chi connectivity index (χ1n) is 6.59. The van der Waals surface area contributed by atoms with Gasteiger partial charge in [0, 0.05) is 11.5 Å². The number of benzene rings is 2. The number of carbonyl (C=O) groups is 1. The van der Waals surface area contributed by atoms with Crippen LogP contribution in [0.4, 0.5) is 8.78 Å². The summed E-state index contributed by atoms with van der Waals surface area (Å²) in [7, 11) is 1.09. The van der Waals surface area contributed by atoms with Crippen LogP contribution < -0.4 is 0 Å². The van der Waals surface area contributed by atoms with Gasteiger partial charge in [-0.05, 0) is 24.0 Å². The number of ether oxygens (including phenoxy) is 1. The summed E-state index contributed by atoms with van der Waals surface area (Å²) in [5.74, 6) is -0.995. The average molecular weight is 300 g/mol. The first kappa shape index (κ1) is 15.7. The minimum absolute atomic E-state index is 0.264. The Kier molecular flexibility index (Phi) is 4.57. The van der Waals surface area contributed by atoms with Gasteiger partial charge in [-0.3, -0.25) is 0 Å². The minimum Gasteiger partial charge on any atom is -0.459 e. The van der Waals surface area contributed by atoms with Gasteiger partial charge in [0.05, 0.1) is 7.11 Å². The van der Waals surface area contributed by atoms with Gasteiger partial charge in [-0.25, -0.2) is 4.79 Å². The minimum atomic E-state index is -3.40. The number of halogens is 2. The van der Waals surface area contributed by atoms with Gasteiger partial charge in [0.2, 0.25) is 0 Å². The number of rotatable bonds is 2. The van der Waals surface area contributed by atoms with E-state index in [9.17, 15) is 13.6 Å². The van der Waals surface area contributed by atoms with Crippen LogP contribution in [0.1, 0.15) is 11.1 Å². The molecule has 0 aliphatic carbocycles. The predicted octanol–water partition coefficient (Wildman–Crippen LogP) is 3.93. The van der Waals surface area contributed by atoms with E-state index >= 15 is 0 Å². The van der Waals surface area contributed by atoms with Crippen LogP contribution in [0.15, 0.2) is 48.5 Å². The monoisotopic (exact) mass is 300 g/mol. The molecular weight excluding hydrogens is 286 g/mol. The van der Waals surface area contributed by atoms with Crippen LogP contribution in [0.25, 0.3) is 11.1 Å². The molecule has 0 bridgehead atoms. The van der Waals surface area contributed by atoms with Crippen molar-refractivity contribution in [2.75, 3.05) is 7.11 Å². The second kappa shape index (κ2) is 6.40. The normalized spacial score (nSPS) is 10.5. The Morgan fingerprint density at radius 3 is 2.00 bits per heavy atom. The zero-order valence-corrected chi connectivity index (χ0v) is 12.2. The van der Waals surface area contributed by atoms with Gasteiger partial charge in [0.25, 0.3) is 0 Å². The number of hydrogen-bond acceptors (Lipinski definition) is 2. The molecule has 2 rings (SSSR count). The molecule has 2 nitrogen and oxygen atoms in total. The molecule has 0 N–H and O–H groups in total. The van der Waals surface area contributed by atoms with Crippen molar-refractivity contribution in [1.82, 2.24) is 0 Å². The summed E-state index contributed by atoms with van der Waals surface area (Å²) in [5.41, 5.74) is 2.64. The predicted molar refractivity (Wildman–Crippen MR) is 80.3 cm³/mol. The Bertz CT molecular complexity index is 720. The lowest BCUT2D eigenvalue weighted by Crippen LogP contribution is -2.11. The molecule has 0 atom stereocenters. The number of aryl methyl sites for hydroxylation is 1. The van der Waals surface area contributed by atoms with E-state index in [1.165, 1.54) is 12.1 Å². The van der Waals surface area contributed by atoms with E-state index < -0.39 is 11.9 Å². The maximum absolute atomic E-state index is 13.9. The fourth-order valence-corrected chi connectivity index (χ4v) is 1.87. The molecule has 0 radical (unpaired) electrons. The molecule has 2 aromatic rings. The lowest BCUT2D eigenvalue weighted by molar-refractivity contribution is -0.133. The fraction of sp³-hybridized carbons (Fsp3) is 0.167. The highest BCUT2D eigenvalue weighted by atomic mass is 19.3. The summed E-state index contributed by atoms with van der Waals surface area (Å²) < 4.78 is 31.9. The average Bonchev–Trinajstić information content (AvgIpc) is 2.53. The highest BCUT2D eigenvalue weighted by Gasteiger charge is 2.29. The zero-order valence-electron chi connectivity index (χ0n) is 12.2. The van der Waals surface area contributed by atoms with Gasteiger partial charge in [0.1, 0.15) is 0 Å². The van der Waals surface area contributed by atoms with Crippen LogP contribution in [0, 0.1) is 18.8 Å². The molecule has 112 valence electrons. The largest absolute Gasteiger partial charge is 0.459 e. The Morgan fingerprint density at radius 1 is 1.00 bits per heavy atom. The van der Waals surface area contributed by atoms with E-state index in [0.29, 0.717) is 0 Å². The van der Waals surface area contributed by atoms with Gasteiger partial charge in [0.15, 0.2) is 0 Å². The quantitative estimate of drug-likeness (QED) is 0.477. The van der Waals surface area contributed by atoms with Crippen LogP contribution in [-0.4, -0.2) is 13.1 Å². The smallest absolute Gasteiger partial charge is 0.384 e. The molecular formula is C18H14F2O2. The van der Waals surface area contributed by atoms with E-state index in [-0.39, 0.29) is 5.56 Å². The highest BCUT2D eigenvalue weighted by molar-refractivity contribution is 5.88. The number of alkyl halides is 2. The second-order valence-electron chi connectivity index (χ2n) is 4.76. The van der Waals surface area contributed by atoms with Crippen molar-refractivity contribution in [3.63, 3.8) is 0 Å². The highest BCUT2D eigenvalue weighted by Crippen LogP contribution is 2.29. The van der Waals surface area contributed by atoms with Gasteiger partial charge in [-0.2, -0.15) is 8.78 Å². The molecule has 0 unspecified atom stereocenters. The van der Waals surface area contributed by atoms with Gasteiger partial charge in [-0.1, -0.05) is 54.1 Å². The second-order valence-corrected chi connectivity index (χ2v) is 4.76. The lowest BCUT2D eigenvalue weighted by Gasteiger charge is -2.10. The van der Waals surface area contributed by atoms with Crippen molar-refractivity contribution in [2.24, 2.45) is 0 Å². The maximum Gasteiger partial charge on any atom is 0.384 e. The molecule has 0 aliphatic rings. The Morgan fingerprint density at radius 2 is 1.50 bits per heavy atom. The Labute approximate surface area is 127 Å². The van der Waals surface area contributed by atoms with Crippen LogP contribution in [0.5, 0.6) is 0 Å². The summed E-state index contributed by atoms with van der Waals surface area (Å²) in [6.07, 6.45) is 0. The zero-order chi connectivity index (χ0) is 16.2. The first-order chi connectivity index (χ1) is 10.4. The Hall–Kier alpha value is -2.67. The van der Waals surface area contributed by atoms with Crippen molar-refractivity contribution in [3.8, 4) is 23.0 Å². The lowest BCUT2D eigenvalue weighted by atomic mass is 10.0. The van der Waals surface area contributed by atoms with Crippen molar-refractivity contribution < 1.29 is 18.3 Å². The molecule has 4 heteroatoms. The molecule has 0 spiro atoms. The van der Waals surface area contributed by atoms with Gasteiger partial charge in [-0.15, -0.1) is 0 Å². The number of carbonyl (C=O) groups excluding carboxylic acids is 1. The van der Waals surface area contributed by atoms with E-state index in [2.05, 4.69) is 4.74 Å². The third kappa shape index (κ3) is 3.70. The van der Waals surface area contributed by atoms with Gasteiger partial charge >= 0.3 is 11.9 Å². The molecule has 0 fully saturated rings. The van der Waals surface area contributed by atoms with Crippen molar-refractivity contribution in [1.29, 1.82) is 0 Å². The van der Waals surface area contributed by atoms with E-state index in [4.69, 9.17) is 0 Å². The number of hydrogen-bond donors (Lipinski definition) is 0. The third-order valence-electron chi connectivity index (χ3n) is 3.14. The number of methoxy groups -OCH3 is 1. The van der Waals surface area contributed by atoms with Crippen LogP contribution in [0.2, 0.25) is 0 Å². The fourth-order valence-electron chi connectivity index (χ4n) is 1.87. The summed E-state index contributed by atoms with van der Waals surface area (Å²) in [4.78, 5) is 10.8. The van der Waals surface area contributed by atoms with E-state index in [1.54, 1.807) is 24.0 Å². The summed E-state index contributed by atoms with van der Waals surface area (Å²) >= 11 is 0. The van der Waals surface area contributed by atoms with Crippen molar-refractivity contribution in [3.05, 3.63) is 59.7 Å². The Balaban J connectivity index is 2.25. The molecule has 0 saturated carbocycles. The van der Waals surface area contributed by atoms with E-state index in [0.717, 1.165) is 23.8 Å². The van der Waals surface area contributed by atoms with Crippen LogP contribution >= 0.6 is 0 Å². The van der Waals surface area contributed by atoms with Gasteiger partial charge < -0.3 is 4.74 Å². The maximum atomic E-state index is 13.9. The van der Waals surface area contributed by atoms with E-state index in [1.807, 2.05) is 31.2 Å². The van der Waals surface area contributed by atoms with Crippen molar-refractivity contribution in [2.45, 2.75) is 12.8 Å². The number of esters is 1. The SMILES string of the molecule is COC(=O)C#CC(F)(F)c1ccc(-c2ccc(C)cc2)cc1. The van der Waals surface area contributed by atoms with Crippen LogP contribution in [0.3, 0.4) is 0 Å². The summed E-state index contributed by atoms with van der Waals surface area (Å²) in [5, 5.41) is 0. The molecule has 22 heavy (non-hydrogen) atoms. The molecule has 0 amide bonds. The van der Waals surface area contributed by atoms with Crippen molar-refractivity contribution >= 4 is 5.97 Å². The van der Waals surface area contributed by atoms with Crippen LogP contribution in [-0.2, 0) is 15.5 Å². The molecule has 2 aromatic carbocycles. The topological polar surface area (TPSA) is 26.3 Å². The summed E-state index contributed by atoms with van der Waals surface area (Å²) in [6.45, 7) is 1.98.